The van der Waals surface area contributed by atoms with E-state index in [9.17, 15) is 0 Å². The van der Waals surface area contributed by atoms with Crippen molar-refractivity contribution in [3.8, 4) is 11.3 Å². The number of hydrogen-bond donors (Lipinski definition) is 2. The van der Waals surface area contributed by atoms with Gasteiger partial charge in [0, 0.05) is 6.20 Å². The lowest BCUT2D eigenvalue weighted by molar-refractivity contribution is 1.37. The van der Waals surface area contributed by atoms with Crippen molar-refractivity contribution in [1.82, 2.24) is 4.98 Å². The highest BCUT2D eigenvalue weighted by Crippen LogP contribution is 2.33. The van der Waals surface area contributed by atoms with Crippen molar-refractivity contribution in [1.29, 1.82) is 0 Å². The molecule has 1 heterocycles. The zero-order chi connectivity index (χ0) is 9.97. The molecule has 0 atom stereocenters. The average Bonchev–Trinajstić information content (AvgIpc) is 2.61. The highest BCUT2D eigenvalue weighted by molar-refractivity contribution is 7.98. The van der Waals surface area contributed by atoms with E-state index >= 15 is 0 Å². The van der Waals surface area contributed by atoms with E-state index in [1.54, 1.807) is 11.8 Å². The summed E-state index contributed by atoms with van der Waals surface area (Å²) in [7, 11) is 0. The number of benzene rings is 1. The number of hydrogen-bond acceptors (Lipinski definition) is 2. The third-order valence-corrected chi connectivity index (χ3v) is 2.98. The summed E-state index contributed by atoms with van der Waals surface area (Å²) in [5, 5.41) is 0. The summed E-state index contributed by atoms with van der Waals surface area (Å²) in [6.07, 6.45) is 3.88. The van der Waals surface area contributed by atoms with Crippen LogP contribution < -0.4 is 5.73 Å². The van der Waals surface area contributed by atoms with Crippen LogP contribution in [-0.2, 0) is 0 Å². The molecular formula is C11H12N2S. The van der Waals surface area contributed by atoms with E-state index in [0.717, 1.165) is 16.3 Å². The van der Waals surface area contributed by atoms with Crippen LogP contribution in [0.5, 0.6) is 0 Å². The van der Waals surface area contributed by atoms with E-state index in [1.807, 2.05) is 30.7 Å². The summed E-state index contributed by atoms with van der Waals surface area (Å²) in [5.41, 5.74) is 8.93. The Kier molecular flexibility index (Phi) is 2.50. The van der Waals surface area contributed by atoms with Crippen molar-refractivity contribution in [2.24, 2.45) is 0 Å². The van der Waals surface area contributed by atoms with Crippen LogP contribution in [0.1, 0.15) is 0 Å². The molecule has 0 aliphatic heterocycles. The first-order chi connectivity index (χ1) is 6.83. The molecule has 0 saturated carbocycles. The lowest BCUT2D eigenvalue weighted by Gasteiger charge is -2.01. The Morgan fingerprint density at radius 1 is 1.21 bits per heavy atom. The van der Waals surface area contributed by atoms with E-state index in [2.05, 4.69) is 17.1 Å². The fraction of sp³-hybridized carbons (Fsp3) is 0.0909. The van der Waals surface area contributed by atoms with E-state index in [0.29, 0.717) is 0 Å². The van der Waals surface area contributed by atoms with Gasteiger partial charge in [0.15, 0.2) is 0 Å². The molecule has 0 amide bonds. The molecule has 0 saturated heterocycles. The van der Waals surface area contributed by atoms with Crippen molar-refractivity contribution in [3.05, 3.63) is 36.5 Å². The van der Waals surface area contributed by atoms with E-state index in [4.69, 9.17) is 5.73 Å². The molecule has 0 bridgehead atoms. The van der Waals surface area contributed by atoms with Gasteiger partial charge in [-0.05, 0) is 11.8 Å². The van der Waals surface area contributed by atoms with Gasteiger partial charge in [-0.15, -0.1) is 11.8 Å². The van der Waals surface area contributed by atoms with Crippen molar-refractivity contribution >= 4 is 17.4 Å². The number of nitrogens with one attached hydrogen (secondary N) is 1. The Bertz CT molecular complexity index is 420. The average molecular weight is 204 g/mol. The molecule has 1 aromatic heterocycles. The Morgan fingerprint density at radius 2 is 1.93 bits per heavy atom. The van der Waals surface area contributed by atoms with Gasteiger partial charge in [-0.1, -0.05) is 30.3 Å². The first-order valence-corrected chi connectivity index (χ1v) is 5.61. The lowest BCUT2D eigenvalue weighted by Crippen LogP contribution is -1.83. The third-order valence-electron chi connectivity index (χ3n) is 2.13. The number of aromatic amines is 1. The molecular weight excluding hydrogens is 192 g/mol. The second-order valence-electron chi connectivity index (χ2n) is 3.02. The monoisotopic (exact) mass is 204 g/mol. The number of aromatic nitrogens is 1. The van der Waals surface area contributed by atoms with Crippen LogP contribution in [0.4, 0.5) is 5.69 Å². The van der Waals surface area contributed by atoms with E-state index < -0.39 is 0 Å². The van der Waals surface area contributed by atoms with Crippen molar-refractivity contribution in [2.75, 3.05) is 12.0 Å². The van der Waals surface area contributed by atoms with E-state index in [1.165, 1.54) is 5.56 Å². The molecule has 3 heteroatoms. The van der Waals surface area contributed by atoms with Gasteiger partial charge < -0.3 is 10.7 Å². The van der Waals surface area contributed by atoms with Gasteiger partial charge in [0.2, 0.25) is 0 Å². The van der Waals surface area contributed by atoms with Crippen LogP contribution in [0.2, 0.25) is 0 Å². The first kappa shape index (κ1) is 9.21. The third kappa shape index (κ3) is 1.51. The van der Waals surface area contributed by atoms with Gasteiger partial charge in [-0.3, -0.25) is 0 Å². The van der Waals surface area contributed by atoms with E-state index in [-0.39, 0.29) is 0 Å². The molecule has 2 aromatic rings. The number of H-pyrrole nitrogens is 1. The fourth-order valence-corrected chi connectivity index (χ4v) is 2.14. The molecule has 72 valence electrons. The Labute approximate surface area is 87.5 Å². The zero-order valence-electron chi connectivity index (χ0n) is 7.95. The number of anilines is 1. The van der Waals surface area contributed by atoms with Gasteiger partial charge in [-0.25, -0.2) is 0 Å². The molecule has 14 heavy (non-hydrogen) atoms. The quantitative estimate of drug-likeness (QED) is 0.738. The summed E-state index contributed by atoms with van der Waals surface area (Å²) in [6.45, 7) is 0. The maximum absolute atomic E-state index is 5.84. The van der Waals surface area contributed by atoms with Gasteiger partial charge in [0.05, 0.1) is 16.3 Å². The highest BCUT2D eigenvalue weighted by Gasteiger charge is 2.08. The van der Waals surface area contributed by atoms with Crippen LogP contribution in [0, 0.1) is 0 Å². The molecule has 0 fully saturated rings. The number of thioether (sulfide) groups is 1. The molecule has 0 spiro atoms. The van der Waals surface area contributed by atoms with Crippen molar-refractivity contribution < 1.29 is 0 Å². The summed E-state index contributed by atoms with van der Waals surface area (Å²) in [5.74, 6) is 0. The molecule has 0 aliphatic rings. The molecule has 0 unspecified atom stereocenters. The van der Waals surface area contributed by atoms with Gasteiger partial charge >= 0.3 is 0 Å². The first-order valence-electron chi connectivity index (χ1n) is 4.39. The standard InChI is InChI=1S/C11H12N2S/c1-14-11-9(12)7-13-10(11)8-5-3-2-4-6-8/h2-7,13H,12H2,1H3. The smallest absolute Gasteiger partial charge is 0.0636 e. The second kappa shape index (κ2) is 3.80. The highest BCUT2D eigenvalue weighted by atomic mass is 32.2. The summed E-state index contributed by atoms with van der Waals surface area (Å²) in [6, 6.07) is 10.2. The summed E-state index contributed by atoms with van der Waals surface area (Å²) >= 11 is 1.67. The maximum Gasteiger partial charge on any atom is 0.0636 e. The molecule has 2 rings (SSSR count). The van der Waals surface area contributed by atoms with Crippen LogP contribution in [0.25, 0.3) is 11.3 Å². The summed E-state index contributed by atoms with van der Waals surface area (Å²) in [4.78, 5) is 4.32. The molecule has 0 aliphatic carbocycles. The Balaban J connectivity index is 2.52. The van der Waals surface area contributed by atoms with Gasteiger partial charge in [0.1, 0.15) is 0 Å². The Morgan fingerprint density at radius 3 is 2.57 bits per heavy atom. The van der Waals surface area contributed by atoms with Gasteiger partial charge in [-0.2, -0.15) is 0 Å². The SMILES string of the molecule is CSc1c(N)c[nH]c1-c1ccccc1. The van der Waals surface area contributed by atoms with Crippen LogP contribution >= 0.6 is 11.8 Å². The maximum atomic E-state index is 5.84. The Hall–Kier alpha value is -1.35. The number of nitrogen functional groups attached to an aromatic ring is 1. The van der Waals surface area contributed by atoms with Crippen LogP contribution in [-0.4, -0.2) is 11.2 Å². The van der Waals surface area contributed by atoms with Gasteiger partial charge in [0.25, 0.3) is 0 Å². The molecule has 2 nitrogen and oxygen atoms in total. The lowest BCUT2D eigenvalue weighted by atomic mass is 10.1. The van der Waals surface area contributed by atoms with Crippen LogP contribution in [0.15, 0.2) is 41.4 Å². The minimum Gasteiger partial charge on any atom is -0.397 e. The largest absolute Gasteiger partial charge is 0.397 e. The molecule has 1 aromatic carbocycles. The fourth-order valence-electron chi connectivity index (χ4n) is 1.46. The van der Waals surface area contributed by atoms with Crippen LogP contribution in [0.3, 0.4) is 0 Å². The van der Waals surface area contributed by atoms with Crippen molar-refractivity contribution in [3.63, 3.8) is 0 Å². The molecule has 3 N–H and O–H groups in total. The number of nitrogens with two attached hydrogens (primary N) is 1. The number of rotatable bonds is 2. The van der Waals surface area contributed by atoms with Crippen molar-refractivity contribution in [2.45, 2.75) is 4.90 Å². The predicted molar refractivity (Wildman–Crippen MR) is 62.4 cm³/mol. The zero-order valence-corrected chi connectivity index (χ0v) is 8.77. The minimum atomic E-state index is 0.816. The topological polar surface area (TPSA) is 41.8 Å². The normalized spacial score (nSPS) is 10.4. The summed E-state index contributed by atoms with van der Waals surface area (Å²) < 4.78 is 0. The minimum absolute atomic E-state index is 0.816. The second-order valence-corrected chi connectivity index (χ2v) is 3.83. The molecule has 0 radical (unpaired) electrons. The predicted octanol–water partition coefficient (Wildman–Crippen LogP) is 2.99.